The van der Waals surface area contributed by atoms with Crippen molar-refractivity contribution >= 4 is 18.0 Å². The van der Waals surface area contributed by atoms with Gasteiger partial charge < -0.3 is 5.32 Å². The van der Waals surface area contributed by atoms with Crippen molar-refractivity contribution in [2.75, 3.05) is 6.67 Å². The van der Waals surface area contributed by atoms with Gasteiger partial charge in [-0.25, -0.2) is 14.5 Å². The van der Waals surface area contributed by atoms with E-state index in [0.717, 1.165) is 4.90 Å². The van der Waals surface area contributed by atoms with Crippen molar-refractivity contribution in [3.63, 3.8) is 0 Å². The summed E-state index contributed by atoms with van der Waals surface area (Å²) >= 11 is 0. The molecule has 0 aromatic heterocycles. The van der Waals surface area contributed by atoms with Gasteiger partial charge in [-0.15, -0.1) is 0 Å². The number of nitrogens with one attached hydrogen (secondary N) is 1. The lowest BCUT2D eigenvalue weighted by molar-refractivity contribution is -0.128. The average Bonchev–Trinajstić information content (AvgIpc) is 2.41. The molecule has 0 atom stereocenters. The molecule has 0 unspecified atom stereocenters. The third-order valence-electron chi connectivity index (χ3n) is 1.76. The summed E-state index contributed by atoms with van der Waals surface area (Å²) in [5, 5.41) is 8.55. The SMILES string of the molecule is CC(C)(C)C(=O)NCN1C(=O)N=NC1=O. The zero-order valence-corrected chi connectivity index (χ0v) is 8.77. The molecule has 0 radical (unpaired) electrons. The molecule has 0 spiro atoms. The summed E-state index contributed by atoms with van der Waals surface area (Å²) < 4.78 is 0. The van der Waals surface area contributed by atoms with Crippen LogP contribution in [0.15, 0.2) is 10.2 Å². The van der Waals surface area contributed by atoms with E-state index >= 15 is 0 Å². The summed E-state index contributed by atoms with van der Waals surface area (Å²) in [4.78, 5) is 34.0. The van der Waals surface area contributed by atoms with Crippen molar-refractivity contribution in [2.45, 2.75) is 20.8 Å². The zero-order chi connectivity index (χ0) is 11.6. The second-order valence-corrected chi connectivity index (χ2v) is 4.11. The Morgan fingerprint density at radius 1 is 1.27 bits per heavy atom. The fraction of sp³-hybridized carbons (Fsp3) is 0.625. The Morgan fingerprint density at radius 3 is 2.13 bits per heavy atom. The van der Waals surface area contributed by atoms with Crippen LogP contribution in [-0.2, 0) is 4.79 Å². The molecule has 0 bridgehead atoms. The van der Waals surface area contributed by atoms with Crippen LogP contribution < -0.4 is 5.32 Å². The van der Waals surface area contributed by atoms with E-state index in [1.54, 1.807) is 20.8 Å². The summed E-state index contributed by atoms with van der Waals surface area (Å²) in [7, 11) is 0. The minimum Gasteiger partial charge on any atom is -0.337 e. The summed E-state index contributed by atoms with van der Waals surface area (Å²) in [6, 6.07) is -1.51. The van der Waals surface area contributed by atoms with Crippen LogP contribution in [0.5, 0.6) is 0 Å². The molecular formula is C8H12N4O3. The van der Waals surface area contributed by atoms with E-state index in [-0.39, 0.29) is 12.6 Å². The van der Waals surface area contributed by atoms with Crippen LogP contribution in [0.3, 0.4) is 0 Å². The van der Waals surface area contributed by atoms with Crippen molar-refractivity contribution in [1.29, 1.82) is 0 Å². The minimum atomic E-state index is -0.755. The van der Waals surface area contributed by atoms with Crippen LogP contribution in [0.25, 0.3) is 0 Å². The molecule has 1 heterocycles. The van der Waals surface area contributed by atoms with Gasteiger partial charge in [0, 0.05) is 5.41 Å². The van der Waals surface area contributed by atoms with E-state index < -0.39 is 17.5 Å². The number of hydrogen-bond donors (Lipinski definition) is 1. The number of carbonyl (C=O) groups excluding carboxylic acids is 3. The highest BCUT2D eigenvalue weighted by atomic mass is 16.2. The first kappa shape index (κ1) is 11.3. The van der Waals surface area contributed by atoms with Gasteiger partial charge in [0.15, 0.2) is 0 Å². The molecule has 0 aromatic rings. The van der Waals surface area contributed by atoms with E-state index in [0.29, 0.717) is 0 Å². The van der Waals surface area contributed by atoms with Gasteiger partial charge >= 0.3 is 12.1 Å². The zero-order valence-electron chi connectivity index (χ0n) is 8.77. The van der Waals surface area contributed by atoms with E-state index in [2.05, 4.69) is 15.5 Å². The third kappa shape index (κ3) is 2.58. The Labute approximate surface area is 86.5 Å². The summed E-state index contributed by atoms with van der Waals surface area (Å²) in [6.45, 7) is 4.99. The van der Waals surface area contributed by atoms with Crippen molar-refractivity contribution in [3.05, 3.63) is 0 Å². The van der Waals surface area contributed by atoms with Gasteiger partial charge in [-0.2, -0.15) is 0 Å². The first-order chi connectivity index (χ1) is 6.82. The normalized spacial score (nSPS) is 16.1. The molecule has 82 valence electrons. The highest BCUT2D eigenvalue weighted by Gasteiger charge is 2.29. The van der Waals surface area contributed by atoms with Gasteiger partial charge in [0.1, 0.15) is 6.67 Å². The Hall–Kier alpha value is -1.79. The molecule has 7 nitrogen and oxygen atoms in total. The Bertz CT molecular complexity index is 324. The molecule has 1 aliphatic rings. The molecule has 0 aromatic carbocycles. The molecule has 7 heteroatoms. The minimum absolute atomic E-state index is 0.194. The molecular weight excluding hydrogens is 200 g/mol. The van der Waals surface area contributed by atoms with Crippen molar-refractivity contribution in [1.82, 2.24) is 10.2 Å². The van der Waals surface area contributed by atoms with Gasteiger partial charge in [-0.05, 0) is 0 Å². The highest BCUT2D eigenvalue weighted by Crippen LogP contribution is 2.13. The first-order valence-electron chi connectivity index (χ1n) is 4.38. The maximum atomic E-state index is 11.4. The molecule has 1 rings (SSSR count). The molecule has 0 saturated heterocycles. The monoisotopic (exact) mass is 212 g/mol. The molecule has 0 aliphatic carbocycles. The summed E-state index contributed by atoms with van der Waals surface area (Å²) in [5.74, 6) is -0.255. The Balaban J connectivity index is 2.49. The molecule has 1 aliphatic heterocycles. The number of azo groups is 1. The lowest BCUT2D eigenvalue weighted by Crippen LogP contribution is -2.44. The van der Waals surface area contributed by atoms with Crippen LogP contribution in [0.4, 0.5) is 9.59 Å². The summed E-state index contributed by atoms with van der Waals surface area (Å²) in [6.07, 6.45) is 0. The van der Waals surface area contributed by atoms with Crippen LogP contribution in [0.2, 0.25) is 0 Å². The maximum Gasteiger partial charge on any atom is 0.372 e. The van der Waals surface area contributed by atoms with E-state index in [4.69, 9.17) is 0 Å². The molecule has 5 amide bonds. The number of rotatable bonds is 2. The number of amides is 5. The van der Waals surface area contributed by atoms with Crippen molar-refractivity contribution in [3.8, 4) is 0 Å². The van der Waals surface area contributed by atoms with Crippen LogP contribution in [-0.4, -0.2) is 29.5 Å². The van der Waals surface area contributed by atoms with Gasteiger partial charge in [0.25, 0.3) is 0 Å². The lowest BCUT2D eigenvalue weighted by Gasteiger charge is -2.19. The lowest BCUT2D eigenvalue weighted by atomic mass is 9.96. The molecule has 15 heavy (non-hydrogen) atoms. The molecule has 0 fully saturated rings. The molecule has 0 saturated carbocycles. The predicted molar refractivity (Wildman–Crippen MR) is 50.0 cm³/mol. The van der Waals surface area contributed by atoms with Gasteiger partial charge in [0.2, 0.25) is 5.91 Å². The number of hydrogen-bond acceptors (Lipinski definition) is 3. The van der Waals surface area contributed by atoms with Gasteiger partial charge in [-0.3, -0.25) is 4.79 Å². The quantitative estimate of drug-likeness (QED) is 0.743. The van der Waals surface area contributed by atoms with Crippen molar-refractivity contribution in [2.24, 2.45) is 15.6 Å². The first-order valence-corrected chi connectivity index (χ1v) is 4.38. The number of carbonyl (C=O) groups is 3. The molecule has 1 N–H and O–H groups in total. The van der Waals surface area contributed by atoms with E-state index in [1.165, 1.54) is 0 Å². The van der Waals surface area contributed by atoms with Crippen LogP contribution in [0.1, 0.15) is 20.8 Å². The standard InChI is InChI=1S/C8H12N4O3/c1-8(2,3)5(13)9-4-12-6(14)10-11-7(12)15/h4H2,1-3H3,(H,9,13). The van der Waals surface area contributed by atoms with Crippen LogP contribution in [0, 0.1) is 5.41 Å². The Morgan fingerprint density at radius 2 is 1.73 bits per heavy atom. The highest BCUT2D eigenvalue weighted by molar-refractivity contribution is 5.98. The fourth-order valence-corrected chi connectivity index (χ4v) is 0.827. The second-order valence-electron chi connectivity index (χ2n) is 4.11. The van der Waals surface area contributed by atoms with E-state index in [9.17, 15) is 14.4 Å². The number of urea groups is 2. The van der Waals surface area contributed by atoms with Gasteiger partial charge in [-0.1, -0.05) is 31.0 Å². The number of nitrogens with zero attached hydrogens (tertiary/aromatic N) is 3. The third-order valence-corrected chi connectivity index (χ3v) is 1.76. The summed E-state index contributed by atoms with van der Waals surface area (Å²) in [5.41, 5.74) is -0.569. The fourth-order valence-electron chi connectivity index (χ4n) is 0.827. The predicted octanol–water partition coefficient (Wildman–Crippen LogP) is 1.11. The number of imide groups is 1. The second kappa shape index (κ2) is 3.76. The maximum absolute atomic E-state index is 11.4. The van der Waals surface area contributed by atoms with Crippen LogP contribution >= 0.6 is 0 Å². The van der Waals surface area contributed by atoms with E-state index in [1.807, 2.05) is 0 Å². The van der Waals surface area contributed by atoms with Gasteiger partial charge in [0.05, 0.1) is 0 Å². The Kier molecular flexibility index (Phi) is 2.83. The smallest absolute Gasteiger partial charge is 0.337 e. The van der Waals surface area contributed by atoms with Crippen molar-refractivity contribution < 1.29 is 14.4 Å². The topological polar surface area (TPSA) is 91.2 Å². The largest absolute Gasteiger partial charge is 0.372 e. The average molecular weight is 212 g/mol.